The van der Waals surface area contributed by atoms with Gasteiger partial charge in [-0.2, -0.15) is 0 Å². The van der Waals surface area contributed by atoms with Gasteiger partial charge in [-0.05, 0) is 68.6 Å². The third kappa shape index (κ3) is 3.26. The van der Waals surface area contributed by atoms with Gasteiger partial charge in [-0.15, -0.1) is 0 Å². The van der Waals surface area contributed by atoms with Gasteiger partial charge < -0.3 is 4.90 Å². The second-order valence-electron chi connectivity index (χ2n) is 7.39. The maximum atomic E-state index is 12.8. The Morgan fingerprint density at radius 2 is 1.46 bits per heavy atom. The average Bonchev–Trinajstić information content (AvgIpc) is 3.24. The quantitative estimate of drug-likeness (QED) is 0.792. The van der Waals surface area contributed by atoms with Crippen LogP contribution >= 0.6 is 11.6 Å². The highest BCUT2D eigenvalue weighted by atomic mass is 35.5. The van der Waals surface area contributed by atoms with Crippen molar-refractivity contribution in [3.05, 3.63) is 70.7 Å². The lowest BCUT2D eigenvalue weighted by molar-refractivity contribution is 0.0295. The Hall–Kier alpha value is -1.84. The largest absolute Gasteiger partial charge is 0.338 e. The third-order valence-electron chi connectivity index (χ3n) is 5.99. The van der Waals surface area contributed by atoms with Crippen molar-refractivity contribution in [1.29, 1.82) is 0 Å². The van der Waals surface area contributed by atoms with Crippen LogP contribution in [0.5, 0.6) is 0 Å². The van der Waals surface area contributed by atoms with E-state index in [1.165, 1.54) is 31.5 Å². The molecule has 0 radical (unpaired) electrons. The van der Waals surface area contributed by atoms with Crippen LogP contribution in [0, 0.1) is 0 Å². The van der Waals surface area contributed by atoms with E-state index in [2.05, 4.69) is 35.2 Å². The predicted molar refractivity (Wildman–Crippen MR) is 106 cm³/mol. The van der Waals surface area contributed by atoms with E-state index < -0.39 is 0 Å². The molecule has 2 saturated heterocycles. The number of hydrogen-bond acceptors (Lipinski definition) is 2. The third-order valence-corrected chi connectivity index (χ3v) is 6.24. The first-order chi connectivity index (χ1) is 12.7. The Labute approximate surface area is 160 Å². The van der Waals surface area contributed by atoms with Crippen molar-refractivity contribution in [1.82, 2.24) is 9.80 Å². The molecule has 0 aliphatic carbocycles. The standard InChI is InChI=1S/C22H25ClN2O/c23-20-10-8-18(9-11-20)21(26)24-16-12-22(13-17-24,25-14-4-5-15-25)19-6-2-1-3-7-19/h1-3,6-11H,4-5,12-17H2. The van der Waals surface area contributed by atoms with E-state index in [1.54, 1.807) is 12.1 Å². The van der Waals surface area contributed by atoms with Crippen LogP contribution in [0.25, 0.3) is 0 Å². The highest BCUT2D eigenvalue weighted by molar-refractivity contribution is 6.30. The summed E-state index contributed by atoms with van der Waals surface area (Å²) in [4.78, 5) is 17.5. The molecule has 2 aliphatic heterocycles. The summed E-state index contributed by atoms with van der Waals surface area (Å²) in [6.07, 6.45) is 4.55. The smallest absolute Gasteiger partial charge is 0.253 e. The predicted octanol–water partition coefficient (Wildman–Crippen LogP) is 4.57. The van der Waals surface area contributed by atoms with Crippen molar-refractivity contribution in [3.8, 4) is 0 Å². The number of carbonyl (C=O) groups excluding carboxylic acids is 1. The summed E-state index contributed by atoms with van der Waals surface area (Å²) in [6, 6.07) is 18.1. The van der Waals surface area contributed by atoms with Gasteiger partial charge in [0.25, 0.3) is 5.91 Å². The number of benzene rings is 2. The SMILES string of the molecule is O=C(c1ccc(Cl)cc1)N1CCC(c2ccccc2)(N2CCCC2)CC1. The molecule has 136 valence electrons. The highest BCUT2D eigenvalue weighted by Crippen LogP contribution is 2.41. The number of carbonyl (C=O) groups is 1. The zero-order valence-corrected chi connectivity index (χ0v) is 15.8. The van der Waals surface area contributed by atoms with Gasteiger partial charge in [0.15, 0.2) is 0 Å². The summed E-state index contributed by atoms with van der Waals surface area (Å²) in [6.45, 7) is 3.93. The lowest BCUT2D eigenvalue weighted by Gasteiger charge is -2.48. The Balaban J connectivity index is 1.54. The summed E-state index contributed by atoms with van der Waals surface area (Å²) in [5, 5.41) is 0.664. The Morgan fingerprint density at radius 3 is 2.08 bits per heavy atom. The molecule has 0 bridgehead atoms. The molecule has 3 nitrogen and oxygen atoms in total. The fourth-order valence-corrected chi connectivity index (χ4v) is 4.66. The van der Waals surface area contributed by atoms with Gasteiger partial charge in [0.2, 0.25) is 0 Å². The highest BCUT2D eigenvalue weighted by Gasteiger charge is 2.42. The van der Waals surface area contributed by atoms with E-state index in [0.717, 1.165) is 31.5 Å². The lowest BCUT2D eigenvalue weighted by atomic mass is 9.79. The number of halogens is 1. The number of likely N-dealkylation sites (tertiary alicyclic amines) is 2. The van der Waals surface area contributed by atoms with Crippen LogP contribution < -0.4 is 0 Å². The molecule has 0 N–H and O–H groups in total. The van der Waals surface area contributed by atoms with Crippen molar-refractivity contribution in [2.24, 2.45) is 0 Å². The van der Waals surface area contributed by atoms with E-state index in [1.807, 2.05) is 17.0 Å². The molecule has 2 aromatic carbocycles. The minimum atomic E-state index is 0.0779. The molecule has 2 aliphatic rings. The number of piperidine rings is 1. The van der Waals surface area contributed by atoms with Gasteiger partial charge in [0, 0.05) is 29.2 Å². The first-order valence-electron chi connectivity index (χ1n) is 9.54. The van der Waals surface area contributed by atoms with Crippen LogP contribution in [0.3, 0.4) is 0 Å². The summed E-state index contributed by atoms with van der Waals surface area (Å²) < 4.78 is 0. The molecule has 4 rings (SSSR count). The van der Waals surface area contributed by atoms with Crippen LogP contribution in [-0.2, 0) is 5.54 Å². The van der Waals surface area contributed by atoms with Crippen molar-refractivity contribution < 1.29 is 4.79 Å². The van der Waals surface area contributed by atoms with E-state index >= 15 is 0 Å². The van der Waals surface area contributed by atoms with Gasteiger partial charge in [0.05, 0.1) is 0 Å². The molecular formula is C22H25ClN2O. The monoisotopic (exact) mass is 368 g/mol. The van der Waals surface area contributed by atoms with Gasteiger partial charge in [-0.3, -0.25) is 9.69 Å². The van der Waals surface area contributed by atoms with Crippen molar-refractivity contribution >= 4 is 17.5 Å². The van der Waals surface area contributed by atoms with Gasteiger partial charge in [-0.1, -0.05) is 41.9 Å². The first-order valence-corrected chi connectivity index (χ1v) is 9.92. The minimum Gasteiger partial charge on any atom is -0.338 e. The van der Waals surface area contributed by atoms with Gasteiger partial charge >= 0.3 is 0 Å². The Kier molecular flexibility index (Phi) is 5.01. The van der Waals surface area contributed by atoms with Crippen molar-refractivity contribution in [3.63, 3.8) is 0 Å². The van der Waals surface area contributed by atoms with E-state index in [0.29, 0.717) is 5.02 Å². The van der Waals surface area contributed by atoms with E-state index in [4.69, 9.17) is 11.6 Å². The van der Waals surface area contributed by atoms with Crippen LogP contribution in [0.2, 0.25) is 5.02 Å². The zero-order valence-electron chi connectivity index (χ0n) is 15.0. The maximum absolute atomic E-state index is 12.8. The molecule has 1 amide bonds. The molecule has 26 heavy (non-hydrogen) atoms. The summed E-state index contributed by atoms with van der Waals surface area (Å²) in [7, 11) is 0. The molecule has 0 unspecified atom stereocenters. The summed E-state index contributed by atoms with van der Waals surface area (Å²) in [5.74, 6) is 0.116. The molecule has 0 spiro atoms. The number of nitrogens with zero attached hydrogens (tertiary/aromatic N) is 2. The molecule has 0 aromatic heterocycles. The topological polar surface area (TPSA) is 23.6 Å². The van der Waals surface area contributed by atoms with Crippen LogP contribution in [0.15, 0.2) is 54.6 Å². The molecule has 0 atom stereocenters. The molecule has 2 fully saturated rings. The summed E-state index contributed by atoms with van der Waals surface area (Å²) in [5.41, 5.74) is 2.21. The number of amides is 1. The van der Waals surface area contributed by atoms with Crippen molar-refractivity contribution in [2.45, 2.75) is 31.2 Å². The average molecular weight is 369 g/mol. The molecule has 2 heterocycles. The molecular weight excluding hydrogens is 344 g/mol. The molecule has 2 aromatic rings. The number of rotatable bonds is 3. The fourth-order valence-electron chi connectivity index (χ4n) is 4.54. The van der Waals surface area contributed by atoms with Crippen molar-refractivity contribution in [2.75, 3.05) is 26.2 Å². The zero-order chi connectivity index (χ0) is 18.0. The van der Waals surface area contributed by atoms with Gasteiger partial charge in [0.1, 0.15) is 0 Å². The van der Waals surface area contributed by atoms with Crippen LogP contribution in [0.1, 0.15) is 41.6 Å². The van der Waals surface area contributed by atoms with Crippen LogP contribution in [-0.4, -0.2) is 41.9 Å². The fraction of sp³-hybridized carbons (Fsp3) is 0.409. The number of hydrogen-bond donors (Lipinski definition) is 0. The Morgan fingerprint density at radius 1 is 0.846 bits per heavy atom. The van der Waals surface area contributed by atoms with Gasteiger partial charge in [-0.25, -0.2) is 0 Å². The maximum Gasteiger partial charge on any atom is 0.253 e. The Bertz CT molecular complexity index is 745. The second kappa shape index (κ2) is 7.42. The molecule has 0 saturated carbocycles. The van der Waals surface area contributed by atoms with E-state index in [-0.39, 0.29) is 11.4 Å². The summed E-state index contributed by atoms with van der Waals surface area (Å²) >= 11 is 5.95. The molecule has 4 heteroatoms. The lowest BCUT2D eigenvalue weighted by Crippen LogP contribution is -2.53. The van der Waals surface area contributed by atoms with Crippen LogP contribution in [0.4, 0.5) is 0 Å². The first kappa shape index (κ1) is 17.6. The second-order valence-corrected chi connectivity index (χ2v) is 7.83. The minimum absolute atomic E-state index is 0.0779. The van der Waals surface area contributed by atoms with E-state index in [9.17, 15) is 4.79 Å². The normalized spacial score (nSPS) is 20.3.